The second-order valence-corrected chi connectivity index (χ2v) is 2.96. The van der Waals surface area contributed by atoms with Crippen molar-refractivity contribution in [1.29, 1.82) is 5.26 Å². The van der Waals surface area contributed by atoms with Crippen molar-refractivity contribution in [3.05, 3.63) is 29.8 Å². The van der Waals surface area contributed by atoms with Gasteiger partial charge in [-0.2, -0.15) is 5.26 Å². The van der Waals surface area contributed by atoms with Crippen molar-refractivity contribution in [3.8, 4) is 6.07 Å². The van der Waals surface area contributed by atoms with Crippen molar-refractivity contribution < 1.29 is 0 Å². The molecule has 0 aromatic heterocycles. The largest absolute Gasteiger partial charge is 0.399 e. The molecule has 1 aromatic rings. The van der Waals surface area contributed by atoms with Crippen LogP contribution in [0.25, 0.3) is 5.57 Å². The molecular formula is C10H9N3. The number of hydrogen-bond acceptors (Lipinski definition) is 3. The lowest BCUT2D eigenvalue weighted by Crippen LogP contribution is -1.90. The number of anilines is 2. The SMILES string of the molecule is N#C/C=C1\CNc2ccc(N)cc21. The van der Waals surface area contributed by atoms with Crippen LogP contribution in [0.5, 0.6) is 0 Å². The molecule has 0 fully saturated rings. The van der Waals surface area contributed by atoms with Crippen molar-refractivity contribution in [1.82, 2.24) is 0 Å². The van der Waals surface area contributed by atoms with Gasteiger partial charge in [0, 0.05) is 29.6 Å². The number of nitrogen functional groups attached to an aromatic ring is 1. The van der Waals surface area contributed by atoms with Crippen LogP contribution in [0.4, 0.5) is 11.4 Å². The summed E-state index contributed by atoms with van der Waals surface area (Å²) in [7, 11) is 0. The third-order valence-corrected chi connectivity index (χ3v) is 2.10. The smallest absolute Gasteiger partial charge is 0.0915 e. The van der Waals surface area contributed by atoms with Crippen LogP contribution < -0.4 is 11.1 Å². The Bertz CT molecular complexity index is 413. The Kier molecular flexibility index (Phi) is 1.67. The minimum atomic E-state index is 0.715. The second-order valence-electron chi connectivity index (χ2n) is 2.96. The van der Waals surface area contributed by atoms with E-state index in [4.69, 9.17) is 11.0 Å². The highest BCUT2D eigenvalue weighted by molar-refractivity contribution is 5.86. The fourth-order valence-electron chi connectivity index (χ4n) is 1.47. The van der Waals surface area contributed by atoms with Crippen LogP contribution in [0.3, 0.4) is 0 Å². The van der Waals surface area contributed by atoms with E-state index < -0.39 is 0 Å². The lowest BCUT2D eigenvalue weighted by molar-refractivity contribution is 1.44. The lowest BCUT2D eigenvalue weighted by atomic mass is 10.1. The van der Waals surface area contributed by atoms with Gasteiger partial charge in [-0.25, -0.2) is 0 Å². The molecule has 0 saturated heterocycles. The van der Waals surface area contributed by atoms with Crippen LogP contribution in [0.2, 0.25) is 0 Å². The maximum Gasteiger partial charge on any atom is 0.0915 e. The first-order valence-corrected chi connectivity index (χ1v) is 4.03. The lowest BCUT2D eigenvalue weighted by Gasteiger charge is -1.99. The third kappa shape index (κ3) is 1.23. The van der Waals surface area contributed by atoms with Gasteiger partial charge in [-0.05, 0) is 23.8 Å². The molecule has 1 aromatic carbocycles. The average molecular weight is 171 g/mol. The molecule has 1 aliphatic heterocycles. The van der Waals surface area contributed by atoms with Crippen LogP contribution in [-0.2, 0) is 0 Å². The van der Waals surface area contributed by atoms with E-state index in [0.717, 1.165) is 22.5 Å². The van der Waals surface area contributed by atoms with E-state index in [0.29, 0.717) is 6.54 Å². The van der Waals surface area contributed by atoms with Crippen LogP contribution in [0.15, 0.2) is 24.3 Å². The molecule has 1 aliphatic rings. The predicted octanol–water partition coefficient (Wildman–Crippen LogP) is 1.60. The highest BCUT2D eigenvalue weighted by Gasteiger charge is 2.14. The summed E-state index contributed by atoms with van der Waals surface area (Å²) in [5.41, 5.74) is 9.48. The Hall–Kier alpha value is -1.95. The Morgan fingerprint density at radius 2 is 2.38 bits per heavy atom. The zero-order valence-electron chi connectivity index (χ0n) is 7.04. The standard InChI is InChI=1S/C10H9N3/c11-4-3-7-6-13-10-2-1-8(12)5-9(7)10/h1-3,5,13H,6,12H2/b7-3+. The number of allylic oxidation sites excluding steroid dienone is 1. The molecule has 3 N–H and O–H groups in total. The molecule has 0 atom stereocenters. The zero-order chi connectivity index (χ0) is 9.26. The quantitative estimate of drug-likeness (QED) is 0.460. The summed E-state index contributed by atoms with van der Waals surface area (Å²) in [6.07, 6.45) is 1.55. The molecule has 0 saturated carbocycles. The van der Waals surface area contributed by atoms with Crippen LogP contribution in [0.1, 0.15) is 5.56 Å². The van der Waals surface area contributed by atoms with Crippen LogP contribution >= 0.6 is 0 Å². The first-order valence-electron chi connectivity index (χ1n) is 4.03. The molecule has 2 rings (SSSR count). The van der Waals surface area contributed by atoms with E-state index in [1.807, 2.05) is 24.3 Å². The van der Waals surface area contributed by atoms with Crippen molar-refractivity contribution in [2.24, 2.45) is 0 Å². The Labute approximate surface area is 76.5 Å². The molecule has 0 spiro atoms. The summed E-state index contributed by atoms with van der Waals surface area (Å²) in [5.74, 6) is 0. The maximum atomic E-state index is 8.54. The van der Waals surface area contributed by atoms with E-state index in [1.54, 1.807) is 6.08 Å². The summed E-state index contributed by atoms with van der Waals surface area (Å²) in [6.45, 7) is 0.715. The van der Waals surface area contributed by atoms with Gasteiger partial charge in [0.05, 0.1) is 6.07 Å². The predicted molar refractivity (Wildman–Crippen MR) is 52.9 cm³/mol. The summed E-state index contributed by atoms with van der Waals surface area (Å²) >= 11 is 0. The number of benzene rings is 1. The number of hydrogen-bond donors (Lipinski definition) is 2. The first kappa shape index (κ1) is 7.69. The molecule has 3 nitrogen and oxygen atoms in total. The van der Waals surface area contributed by atoms with Crippen LogP contribution in [-0.4, -0.2) is 6.54 Å². The summed E-state index contributed by atoms with van der Waals surface area (Å²) in [6, 6.07) is 7.70. The average Bonchev–Trinajstić information content (AvgIpc) is 2.49. The fourth-order valence-corrected chi connectivity index (χ4v) is 1.47. The minimum absolute atomic E-state index is 0.715. The van der Waals surface area contributed by atoms with Crippen molar-refractivity contribution in [3.63, 3.8) is 0 Å². The van der Waals surface area contributed by atoms with Crippen molar-refractivity contribution >= 4 is 16.9 Å². The van der Waals surface area contributed by atoms with E-state index in [9.17, 15) is 0 Å². The van der Waals surface area contributed by atoms with Crippen LogP contribution in [0, 0.1) is 11.3 Å². The van der Waals surface area contributed by atoms with Gasteiger partial charge in [0.25, 0.3) is 0 Å². The molecule has 0 unspecified atom stereocenters. The normalized spacial score (nSPS) is 16.4. The highest BCUT2D eigenvalue weighted by Crippen LogP contribution is 2.31. The Balaban J connectivity index is 2.54. The molecule has 1 heterocycles. The monoisotopic (exact) mass is 171 g/mol. The molecule has 0 radical (unpaired) electrons. The molecule has 3 heteroatoms. The maximum absolute atomic E-state index is 8.54. The second kappa shape index (κ2) is 2.83. The zero-order valence-corrected chi connectivity index (χ0v) is 7.04. The number of nitrogens with one attached hydrogen (secondary N) is 1. The van der Waals surface area contributed by atoms with Gasteiger partial charge in [0.1, 0.15) is 0 Å². The first-order chi connectivity index (χ1) is 6.31. The number of rotatable bonds is 0. The molecule has 0 bridgehead atoms. The van der Waals surface area contributed by atoms with E-state index in [-0.39, 0.29) is 0 Å². The van der Waals surface area contributed by atoms with E-state index in [2.05, 4.69) is 5.32 Å². The van der Waals surface area contributed by atoms with Gasteiger partial charge in [-0.15, -0.1) is 0 Å². The molecule has 0 amide bonds. The van der Waals surface area contributed by atoms with Gasteiger partial charge in [-0.1, -0.05) is 0 Å². The van der Waals surface area contributed by atoms with E-state index in [1.165, 1.54) is 0 Å². The molecule has 13 heavy (non-hydrogen) atoms. The van der Waals surface area contributed by atoms with Crippen molar-refractivity contribution in [2.75, 3.05) is 17.6 Å². The van der Waals surface area contributed by atoms with Gasteiger partial charge in [0.15, 0.2) is 0 Å². The summed E-state index contributed by atoms with van der Waals surface area (Å²) in [5, 5.41) is 11.7. The number of fused-ring (bicyclic) bond motifs is 1. The van der Waals surface area contributed by atoms with E-state index >= 15 is 0 Å². The molecule has 0 aliphatic carbocycles. The summed E-state index contributed by atoms with van der Waals surface area (Å²) < 4.78 is 0. The van der Waals surface area contributed by atoms with Crippen molar-refractivity contribution in [2.45, 2.75) is 0 Å². The summed E-state index contributed by atoms with van der Waals surface area (Å²) in [4.78, 5) is 0. The Morgan fingerprint density at radius 3 is 3.15 bits per heavy atom. The highest BCUT2D eigenvalue weighted by atomic mass is 14.9. The topological polar surface area (TPSA) is 61.8 Å². The fraction of sp³-hybridized carbons (Fsp3) is 0.100. The molecule has 64 valence electrons. The van der Waals surface area contributed by atoms with Gasteiger partial charge >= 0.3 is 0 Å². The third-order valence-electron chi connectivity index (χ3n) is 2.10. The minimum Gasteiger partial charge on any atom is -0.399 e. The number of nitrogens with zero attached hydrogens (tertiary/aromatic N) is 1. The van der Waals surface area contributed by atoms with Gasteiger partial charge < -0.3 is 11.1 Å². The Morgan fingerprint density at radius 1 is 1.54 bits per heavy atom. The number of nitriles is 1. The van der Waals surface area contributed by atoms with Gasteiger partial charge in [-0.3, -0.25) is 0 Å². The number of nitrogens with two attached hydrogens (primary N) is 1. The van der Waals surface area contributed by atoms with Gasteiger partial charge in [0.2, 0.25) is 0 Å². The molecular weight excluding hydrogens is 162 g/mol.